The van der Waals surface area contributed by atoms with Crippen LogP contribution in [0.25, 0.3) is 11.1 Å². The minimum Gasteiger partial charge on any atom is -0.493 e. The SMILES string of the molecule is Cc1ccccc1C1=C(Cc2ccccc2)c2ccccc2OCC1. The van der Waals surface area contributed by atoms with Gasteiger partial charge in [0, 0.05) is 12.0 Å². The van der Waals surface area contributed by atoms with Crippen molar-refractivity contribution in [1.29, 1.82) is 0 Å². The predicted molar refractivity (Wildman–Crippen MR) is 105 cm³/mol. The van der Waals surface area contributed by atoms with Crippen LogP contribution in [-0.4, -0.2) is 6.61 Å². The van der Waals surface area contributed by atoms with Gasteiger partial charge < -0.3 is 4.74 Å². The van der Waals surface area contributed by atoms with Crippen molar-refractivity contribution in [2.24, 2.45) is 0 Å². The maximum atomic E-state index is 6.07. The smallest absolute Gasteiger partial charge is 0.126 e. The second kappa shape index (κ2) is 6.98. The van der Waals surface area contributed by atoms with E-state index in [2.05, 4.69) is 85.8 Å². The third kappa shape index (κ3) is 3.23. The Morgan fingerprint density at radius 3 is 2.24 bits per heavy atom. The molecule has 0 spiro atoms. The topological polar surface area (TPSA) is 9.23 Å². The zero-order chi connectivity index (χ0) is 17.1. The van der Waals surface area contributed by atoms with Crippen molar-refractivity contribution in [1.82, 2.24) is 0 Å². The summed E-state index contributed by atoms with van der Waals surface area (Å²) in [7, 11) is 0. The van der Waals surface area contributed by atoms with Gasteiger partial charge in [0.1, 0.15) is 5.75 Å². The van der Waals surface area contributed by atoms with Crippen LogP contribution in [0.4, 0.5) is 0 Å². The number of aryl methyl sites for hydroxylation is 1. The fourth-order valence-corrected chi connectivity index (χ4v) is 3.63. The summed E-state index contributed by atoms with van der Waals surface area (Å²) in [6.45, 7) is 2.92. The van der Waals surface area contributed by atoms with E-state index >= 15 is 0 Å². The average Bonchev–Trinajstić information content (AvgIpc) is 2.83. The van der Waals surface area contributed by atoms with Crippen molar-refractivity contribution in [3.05, 3.63) is 101 Å². The van der Waals surface area contributed by atoms with Gasteiger partial charge in [0.15, 0.2) is 0 Å². The summed E-state index contributed by atoms with van der Waals surface area (Å²) >= 11 is 0. The number of hydrogen-bond acceptors (Lipinski definition) is 1. The molecule has 3 aromatic carbocycles. The van der Waals surface area contributed by atoms with Crippen molar-refractivity contribution in [3.8, 4) is 5.75 Å². The minimum atomic E-state index is 0.721. The first-order valence-corrected chi connectivity index (χ1v) is 8.87. The molecule has 1 nitrogen and oxygen atoms in total. The Balaban J connectivity index is 1.92. The van der Waals surface area contributed by atoms with E-state index in [1.807, 2.05) is 0 Å². The van der Waals surface area contributed by atoms with Gasteiger partial charge in [-0.15, -0.1) is 0 Å². The molecule has 1 aliphatic heterocycles. The van der Waals surface area contributed by atoms with Crippen LogP contribution >= 0.6 is 0 Å². The van der Waals surface area contributed by atoms with E-state index in [1.54, 1.807) is 0 Å². The number of hydrogen-bond donors (Lipinski definition) is 0. The predicted octanol–water partition coefficient (Wildman–Crippen LogP) is 5.93. The van der Waals surface area contributed by atoms with Gasteiger partial charge in [-0.25, -0.2) is 0 Å². The maximum Gasteiger partial charge on any atom is 0.126 e. The lowest BCUT2D eigenvalue weighted by atomic mass is 9.87. The average molecular weight is 326 g/mol. The fourth-order valence-electron chi connectivity index (χ4n) is 3.63. The molecule has 0 radical (unpaired) electrons. The monoisotopic (exact) mass is 326 g/mol. The molecule has 1 heteroatoms. The Morgan fingerprint density at radius 2 is 1.44 bits per heavy atom. The van der Waals surface area contributed by atoms with Crippen molar-refractivity contribution in [2.45, 2.75) is 19.8 Å². The van der Waals surface area contributed by atoms with Crippen LogP contribution in [-0.2, 0) is 6.42 Å². The second-order valence-electron chi connectivity index (χ2n) is 6.53. The quantitative estimate of drug-likeness (QED) is 0.579. The maximum absolute atomic E-state index is 6.07. The van der Waals surface area contributed by atoms with Crippen molar-refractivity contribution >= 4 is 11.1 Å². The highest BCUT2D eigenvalue weighted by atomic mass is 16.5. The molecule has 0 amide bonds. The van der Waals surface area contributed by atoms with Crippen LogP contribution in [0.3, 0.4) is 0 Å². The highest BCUT2D eigenvalue weighted by Crippen LogP contribution is 2.39. The molecule has 124 valence electrons. The van der Waals surface area contributed by atoms with E-state index in [-0.39, 0.29) is 0 Å². The molecule has 0 bridgehead atoms. The fraction of sp³-hybridized carbons (Fsp3) is 0.167. The molecule has 0 saturated heterocycles. The minimum absolute atomic E-state index is 0.721. The molecule has 25 heavy (non-hydrogen) atoms. The normalized spacial score (nSPS) is 13.8. The summed E-state index contributed by atoms with van der Waals surface area (Å²) in [5.41, 5.74) is 8.01. The first-order valence-electron chi connectivity index (χ1n) is 8.87. The summed E-state index contributed by atoms with van der Waals surface area (Å²) in [5.74, 6) is 0.997. The number of fused-ring (bicyclic) bond motifs is 1. The van der Waals surface area contributed by atoms with Gasteiger partial charge in [0.25, 0.3) is 0 Å². The van der Waals surface area contributed by atoms with E-state index < -0.39 is 0 Å². The highest BCUT2D eigenvalue weighted by molar-refractivity contribution is 5.94. The molecule has 0 aliphatic carbocycles. The first kappa shape index (κ1) is 15.7. The van der Waals surface area contributed by atoms with Crippen LogP contribution < -0.4 is 4.74 Å². The molecule has 3 aromatic rings. The molecule has 0 fully saturated rings. The lowest BCUT2D eigenvalue weighted by molar-refractivity contribution is 0.328. The Hall–Kier alpha value is -2.80. The summed E-state index contributed by atoms with van der Waals surface area (Å²) in [6.07, 6.45) is 1.85. The number of rotatable bonds is 3. The number of para-hydroxylation sites is 1. The third-order valence-corrected chi connectivity index (χ3v) is 4.88. The standard InChI is InChI=1S/C24H22O/c1-18-9-5-6-12-20(18)21-15-16-25-24-14-8-7-13-22(24)23(21)17-19-10-3-2-4-11-19/h2-14H,15-17H2,1H3. The number of allylic oxidation sites excluding steroid dienone is 1. The zero-order valence-corrected chi connectivity index (χ0v) is 14.5. The molecule has 1 aliphatic rings. The van der Waals surface area contributed by atoms with E-state index in [0.29, 0.717) is 0 Å². The molecule has 1 heterocycles. The Morgan fingerprint density at radius 1 is 0.760 bits per heavy atom. The van der Waals surface area contributed by atoms with Crippen LogP contribution in [0.2, 0.25) is 0 Å². The molecular weight excluding hydrogens is 304 g/mol. The lowest BCUT2D eigenvalue weighted by Gasteiger charge is -2.16. The van der Waals surface area contributed by atoms with Crippen molar-refractivity contribution < 1.29 is 4.74 Å². The van der Waals surface area contributed by atoms with Crippen LogP contribution in [0.1, 0.15) is 28.7 Å². The second-order valence-corrected chi connectivity index (χ2v) is 6.53. The number of ether oxygens (including phenoxy) is 1. The Kier molecular flexibility index (Phi) is 4.39. The van der Waals surface area contributed by atoms with Crippen molar-refractivity contribution in [3.63, 3.8) is 0 Å². The molecular formula is C24H22O. The van der Waals surface area contributed by atoms with Gasteiger partial charge in [-0.1, -0.05) is 72.8 Å². The lowest BCUT2D eigenvalue weighted by Crippen LogP contribution is -1.98. The zero-order valence-electron chi connectivity index (χ0n) is 14.5. The van der Waals surface area contributed by atoms with Gasteiger partial charge in [0.05, 0.1) is 6.61 Å². The van der Waals surface area contributed by atoms with Gasteiger partial charge in [-0.3, -0.25) is 0 Å². The van der Waals surface area contributed by atoms with Crippen LogP contribution in [0.5, 0.6) is 5.75 Å². The van der Waals surface area contributed by atoms with E-state index in [0.717, 1.165) is 25.2 Å². The van der Waals surface area contributed by atoms with Gasteiger partial charge in [0.2, 0.25) is 0 Å². The van der Waals surface area contributed by atoms with E-state index in [1.165, 1.54) is 33.4 Å². The Labute approximate surface area is 149 Å². The molecule has 0 aromatic heterocycles. The number of benzene rings is 3. The van der Waals surface area contributed by atoms with Gasteiger partial charge in [-0.2, -0.15) is 0 Å². The highest BCUT2D eigenvalue weighted by Gasteiger charge is 2.20. The van der Waals surface area contributed by atoms with Crippen LogP contribution in [0, 0.1) is 6.92 Å². The molecule has 4 rings (SSSR count). The largest absolute Gasteiger partial charge is 0.493 e. The summed E-state index contributed by atoms with van der Waals surface area (Å²) in [6, 6.07) is 27.8. The van der Waals surface area contributed by atoms with Gasteiger partial charge >= 0.3 is 0 Å². The summed E-state index contributed by atoms with van der Waals surface area (Å²) in [4.78, 5) is 0. The van der Waals surface area contributed by atoms with Crippen molar-refractivity contribution in [2.75, 3.05) is 6.61 Å². The summed E-state index contributed by atoms with van der Waals surface area (Å²) < 4.78 is 6.07. The van der Waals surface area contributed by atoms with Crippen LogP contribution in [0.15, 0.2) is 78.9 Å². The first-order chi connectivity index (χ1) is 12.3. The van der Waals surface area contributed by atoms with Gasteiger partial charge in [-0.05, 0) is 47.2 Å². The molecule has 0 saturated carbocycles. The summed E-state index contributed by atoms with van der Waals surface area (Å²) in [5, 5.41) is 0. The third-order valence-electron chi connectivity index (χ3n) is 4.88. The molecule has 0 atom stereocenters. The Bertz CT molecular complexity index is 906. The van der Waals surface area contributed by atoms with E-state index in [9.17, 15) is 0 Å². The van der Waals surface area contributed by atoms with E-state index in [4.69, 9.17) is 4.74 Å². The molecule has 0 unspecified atom stereocenters. The molecule has 0 N–H and O–H groups in total.